The molecular formula is C19H21N3O3. The van der Waals surface area contributed by atoms with Crippen molar-refractivity contribution < 1.29 is 9.59 Å². The smallest absolute Gasteiger partial charge is 0.263 e. The van der Waals surface area contributed by atoms with Gasteiger partial charge in [-0.05, 0) is 31.4 Å². The Bertz CT molecular complexity index is 864. The Kier molecular flexibility index (Phi) is 4.70. The summed E-state index contributed by atoms with van der Waals surface area (Å²) < 4.78 is 1.41. The van der Waals surface area contributed by atoms with Crippen LogP contribution in [0.25, 0.3) is 0 Å². The van der Waals surface area contributed by atoms with E-state index in [2.05, 4.69) is 10.6 Å². The molecule has 0 unspecified atom stereocenters. The Hall–Kier alpha value is -2.89. The second kappa shape index (κ2) is 6.93. The van der Waals surface area contributed by atoms with Gasteiger partial charge in [-0.25, -0.2) is 0 Å². The van der Waals surface area contributed by atoms with E-state index in [0.717, 1.165) is 24.0 Å². The number of nitrogens with one attached hydrogen (secondary N) is 2. The van der Waals surface area contributed by atoms with Gasteiger partial charge in [-0.1, -0.05) is 29.8 Å². The molecular weight excluding hydrogens is 318 g/mol. The Morgan fingerprint density at radius 1 is 1.16 bits per heavy atom. The van der Waals surface area contributed by atoms with Crippen molar-refractivity contribution in [3.63, 3.8) is 0 Å². The van der Waals surface area contributed by atoms with E-state index in [1.807, 2.05) is 31.2 Å². The largest absolute Gasteiger partial charge is 0.355 e. The Labute approximate surface area is 145 Å². The number of pyridine rings is 1. The Morgan fingerprint density at radius 2 is 1.84 bits per heavy atom. The highest BCUT2D eigenvalue weighted by Crippen LogP contribution is 2.19. The predicted molar refractivity (Wildman–Crippen MR) is 94.9 cm³/mol. The third-order valence-corrected chi connectivity index (χ3v) is 4.21. The maximum absolute atomic E-state index is 12.6. The molecule has 2 amide bonds. The molecule has 1 saturated carbocycles. The summed E-state index contributed by atoms with van der Waals surface area (Å²) in [5, 5.41) is 5.34. The van der Waals surface area contributed by atoms with E-state index in [1.165, 1.54) is 23.9 Å². The van der Waals surface area contributed by atoms with Crippen molar-refractivity contribution >= 4 is 11.8 Å². The van der Waals surface area contributed by atoms with Crippen LogP contribution in [-0.4, -0.2) is 29.5 Å². The minimum absolute atomic E-state index is 0.0296. The minimum atomic E-state index is -0.497. The number of nitrogens with zero attached hydrogens (tertiary/aromatic N) is 1. The van der Waals surface area contributed by atoms with Crippen LogP contribution in [0.1, 0.15) is 44.7 Å². The van der Waals surface area contributed by atoms with Crippen LogP contribution in [-0.2, 0) is 6.54 Å². The van der Waals surface area contributed by atoms with E-state index in [-0.39, 0.29) is 17.5 Å². The van der Waals surface area contributed by atoms with Gasteiger partial charge >= 0.3 is 0 Å². The fraction of sp³-hybridized carbons (Fsp3) is 0.316. The molecule has 0 bridgehead atoms. The van der Waals surface area contributed by atoms with Crippen molar-refractivity contribution in [3.8, 4) is 0 Å². The molecule has 1 aromatic heterocycles. The zero-order chi connectivity index (χ0) is 18.0. The minimum Gasteiger partial charge on any atom is -0.355 e. The molecule has 2 N–H and O–H groups in total. The second-order valence-electron chi connectivity index (χ2n) is 6.39. The first kappa shape index (κ1) is 17.0. The van der Waals surface area contributed by atoms with Crippen LogP contribution in [0.4, 0.5) is 0 Å². The van der Waals surface area contributed by atoms with E-state index in [0.29, 0.717) is 12.1 Å². The molecule has 6 nitrogen and oxygen atoms in total. The van der Waals surface area contributed by atoms with Crippen LogP contribution in [0.5, 0.6) is 0 Å². The van der Waals surface area contributed by atoms with Crippen molar-refractivity contribution in [2.45, 2.75) is 32.4 Å². The number of rotatable bonds is 5. The van der Waals surface area contributed by atoms with E-state index < -0.39 is 11.5 Å². The Balaban J connectivity index is 1.99. The molecule has 0 radical (unpaired) electrons. The molecule has 3 rings (SSSR count). The Morgan fingerprint density at radius 3 is 2.44 bits per heavy atom. The summed E-state index contributed by atoms with van der Waals surface area (Å²) in [4.78, 5) is 37.0. The van der Waals surface area contributed by atoms with Gasteiger partial charge in [-0.3, -0.25) is 14.4 Å². The van der Waals surface area contributed by atoms with Crippen LogP contribution in [0.2, 0.25) is 0 Å². The number of benzene rings is 1. The monoisotopic (exact) mass is 339 g/mol. The number of carbonyl (C=O) groups is 2. The molecule has 1 fully saturated rings. The molecule has 0 saturated heterocycles. The van der Waals surface area contributed by atoms with Crippen molar-refractivity contribution in [3.05, 3.63) is 69.1 Å². The van der Waals surface area contributed by atoms with Gasteiger partial charge < -0.3 is 15.2 Å². The van der Waals surface area contributed by atoms with Crippen LogP contribution in [0, 0.1) is 6.92 Å². The molecule has 1 aromatic carbocycles. The zero-order valence-corrected chi connectivity index (χ0v) is 14.3. The first-order valence-electron chi connectivity index (χ1n) is 8.31. The summed E-state index contributed by atoms with van der Waals surface area (Å²) >= 11 is 0. The number of carbonyl (C=O) groups excluding carboxylic acids is 2. The van der Waals surface area contributed by atoms with Crippen LogP contribution in [0.3, 0.4) is 0 Å². The first-order valence-corrected chi connectivity index (χ1v) is 8.31. The van der Waals surface area contributed by atoms with Gasteiger partial charge in [0, 0.05) is 19.3 Å². The van der Waals surface area contributed by atoms with E-state index in [9.17, 15) is 14.4 Å². The molecule has 1 aliphatic rings. The second-order valence-corrected chi connectivity index (χ2v) is 6.39. The lowest BCUT2D eigenvalue weighted by Gasteiger charge is -2.12. The predicted octanol–water partition coefficient (Wildman–Crippen LogP) is 1.46. The van der Waals surface area contributed by atoms with Crippen LogP contribution < -0.4 is 16.2 Å². The maximum Gasteiger partial charge on any atom is 0.263 e. The number of hydrogen-bond donors (Lipinski definition) is 2. The van der Waals surface area contributed by atoms with E-state index in [1.54, 1.807) is 0 Å². The average Bonchev–Trinajstić information content (AvgIpc) is 3.41. The fourth-order valence-electron chi connectivity index (χ4n) is 2.56. The summed E-state index contributed by atoms with van der Waals surface area (Å²) in [5.74, 6) is -0.756. The third kappa shape index (κ3) is 3.96. The average molecular weight is 339 g/mol. The van der Waals surface area contributed by atoms with Crippen molar-refractivity contribution in [1.29, 1.82) is 0 Å². The molecule has 2 aromatic rings. The standard InChI is InChI=1S/C19H21N3O3/c1-12-3-5-13(6-4-12)10-22-11-14(17(23)21-15-7-8-15)9-16(19(22)25)18(24)20-2/h3-6,9,11,15H,7-8,10H2,1-2H3,(H,20,24)(H,21,23). The SMILES string of the molecule is CNC(=O)c1cc(C(=O)NC2CC2)cn(Cc2ccc(C)cc2)c1=O. The lowest BCUT2D eigenvalue weighted by molar-refractivity contribution is 0.0950. The normalized spacial score (nSPS) is 13.4. The van der Waals surface area contributed by atoms with Crippen molar-refractivity contribution in [2.24, 2.45) is 0 Å². The van der Waals surface area contributed by atoms with Gasteiger partial charge in [-0.15, -0.1) is 0 Å². The molecule has 6 heteroatoms. The van der Waals surface area contributed by atoms with Crippen molar-refractivity contribution in [1.82, 2.24) is 15.2 Å². The highest BCUT2D eigenvalue weighted by Gasteiger charge is 2.25. The number of aryl methyl sites for hydroxylation is 1. The summed E-state index contributed by atoms with van der Waals surface area (Å²) in [6, 6.07) is 9.35. The zero-order valence-electron chi connectivity index (χ0n) is 14.3. The van der Waals surface area contributed by atoms with E-state index in [4.69, 9.17) is 0 Å². The number of hydrogen-bond acceptors (Lipinski definition) is 3. The summed E-state index contributed by atoms with van der Waals surface area (Å²) in [6.07, 6.45) is 3.46. The van der Waals surface area contributed by atoms with Gasteiger partial charge in [0.1, 0.15) is 5.56 Å². The van der Waals surface area contributed by atoms with Crippen molar-refractivity contribution in [2.75, 3.05) is 7.05 Å². The summed E-state index contributed by atoms with van der Waals surface area (Å²) in [5.41, 5.74) is 1.92. The molecule has 1 heterocycles. The number of amides is 2. The fourth-order valence-corrected chi connectivity index (χ4v) is 2.56. The van der Waals surface area contributed by atoms with Crippen LogP contribution in [0.15, 0.2) is 41.3 Å². The molecule has 25 heavy (non-hydrogen) atoms. The molecule has 0 spiro atoms. The lowest BCUT2D eigenvalue weighted by atomic mass is 10.1. The van der Waals surface area contributed by atoms with Gasteiger partial charge in [0.2, 0.25) is 0 Å². The molecule has 0 aliphatic heterocycles. The van der Waals surface area contributed by atoms with Gasteiger partial charge in [0.15, 0.2) is 0 Å². The number of aromatic nitrogens is 1. The van der Waals surface area contributed by atoms with E-state index >= 15 is 0 Å². The molecule has 0 atom stereocenters. The first-order chi connectivity index (χ1) is 12.0. The van der Waals surface area contributed by atoms with Crippen LogP contribution >= 0.6 is 0 Å². The van der Waals surface area contributed by atoms with Gasteiger partial charge in [-0.2, -0.15) is 0 Å². The highest BCUT2D eigenvalue weighted by atomic mass is 16.2. The molecule has 1 aliphatic carbocycles. The van der Waals surface area contributed by atoms with Gasteiger partial charge in [0.25, 0.3) is 17.4 Å². The topological polar surface area (TPSA) is 80.2 Å². The molecule has 130 valence electrons. The quantitative estimate of drug-likeness (QED) is 0.865. The summed E-state index contributed by atoms with van der Waals surface area (Å²) in [7, 11) is 1.46. The highest BCUT2D eigenvalue weighted by molar-refractivity contribution is 5.99. The maximum atomic E-state index is 12.6. The lowest BCUT2D eigenvalue weighted by Crippen LogP contribution is -2.34. The van der Waals surface area contributed by atoms with Gasteiger partial charge in [0.05, 0.1) is 12.1 Å². The third-order valence-electron chi connectivity index (χ3n) is 4.21. The summed E-state index contributed by atoms with van der Waals surface area (Å²) in [6.45, 7) is 2.29.